The maximum Gasteiger partial charge on any atom is 0.234 e. The maximum atomic E-state index is 12.5. The van der Waals surface area contributed by atoms with E-state index in [1.807, 2.05) is 37.5 Å². The molecular formula is C20H20Br2N4O2S. The minimum Gasteiger partial charge on any atom is -0.507 e. The zero-order valence-electron chi connectivity index (χ0n) is 16.2. The van der Waals surface area contributed by atoms with Crippen LogP contribution in [0.2, 0.25) is 0 Å². The number of carbonyl (C=O) groups excluding carboxylic acids is 1. The first-order valence-corrected chi connectivity index (χ1v) is 11.5. The van der Waals surface area contributed by atoms with Crippen LogP contribution in [0.1, 0.15) is 18.1 Å². The van der Waals surface area contributed by atoms with Gasteiger partial charge in [0.1, 0.15) is 5.75 Å². The molecule has 0 atom stereocenters. The van der Waals surface area contributed by atoms with Gasteiger partial charge in [-0.1, -0.05) is 43.6 Å². The summed E-state index contributed by atoms with van der Waals surface area (Å²) in [5.41, 5.74) is 3.51. The van der Waals surface area contributed by atoms with Gasteiger partial charge in [0.05, 0.1) is 11.3 Å². The Morgan fingerprint density at radius 3 is 2.66 bits per heavy atom. The number of nitrogens with zero attached hydrogens (tertiary/aromatic N) is 3. The van der Waals surface area contributed by atoms with Crippen LogP contribution in [0.5, 0.6) is 5.75 Å². The highest BCUT2D eigenvalue weighted by Gasteiger charge is 2.18. The molecule has 9 heteroatoms. The van der Waals surface area contributed by atoms with E-state index < -0.39 is 0 Å². The molecule has 0 spiro atoms. The van der Waals surface area contributed by atoms with Crippen molar-refractivity contribution in [1.29, 1.82) is 0 Å². The predicted octanol–water partition coefficient (Wildman–Crippen LogP) is 5.54. The number of phenols is 1. The minimum absolute atomic E-state index is 0.114. The van der Waals surface area contributed by atoms with Gasteiger partial charge < -0.3 is 15.0 Å². The first-order chi connectivity index (χ1) is 13.8. The molecule has 2 N–H and O–H groups in total. The molecule has 0 aliphatic heterocycles. The molecular weight excluding hydrogens is 520 g/mol. The van der Waals surface area contributed by atoms with Gasteiger partial charge in [0, 0.05) is 21.2 Å². The van der Waals surface area contributed by atoms with E-state index in [9.17, 15) is 9.90 Å². The molecule has 0 fully saturated rings. The van der Waals surface area contributed by atoms with Gasteiger partial charge in [0.2, 0.25) is 5.91 Å². The lowest BCUT2D eigenvalue weighted by atomic mass is 10.1. The second kappa shape index (κ2) is 9.32. The predicted molar refractivity (Wildman–Crippen MR) is 123 cm³/mol. The summed E-state index contributed by atoms with van der Waals surface area (Å²) in [5.74, 6) is 0.786. The van der Waals surface area contributed by atoms with Crippen LogP contribution in [0, 0.1) is 13.8 Å². The van der Waals surface area contributed by atoms with Gasteiger partial charge in [0.25, 0.3) is 0 Å². The summed E-state index contributed by atoms with van der Waals surface area (Å²) < 4.78 is 3.74. The number of hydrogen-bond donors (Lipinski definition) is 2. The third-order valence-corrected chi connectivity index (χ3v) is 6.88. The van der Waals surface area contributed by atoms with E-state index in [2.05, 4.69) is 47.4 Å². The molecule has 0 bridgehead atoms. The highest BCUT2D eigenvalue weighted by Crippen LogP contribution is 2.33. The average Bonchev–Trinajstić information content (AvgIpc) is 3.11. The lowest BCUT2D eigenvalue weighted by Crippen LogP contribution is -2.15. The van der Waals surface area contributed by atoms with E-state index in [1.54, 1.807) is 18.2 Å². The van der Waals surface area contributed by atoms with Crippen LogP contribution in [-0.4, -0.2) is 31.5 Å². The number of halogens is 2. The molecule has 1 amide bonds. The summed E-state index contributed by atoms with van der Waals surface area (Å²) in [6.07, 6.45) is 0. The molecule has 0 saturated heterocycles. The smallest absolute Gasteiger partial charge is 0.234 e. The van der Waals surface area contributed by atoms with Crippen LogP contribution in [-0.2, 0) is 11.3 Å². The van der Waals surface area contributed by atoms with Crippen LogP contribution < -0.4 is 5.32 Å². The molecule has 0 aliphatic carbocycles. The van der Waals surface area contributed by atoms with Crippen LogP contribution in [0.4, 0.5) is 5.69 Å². The Hall–Kier alpha value is -1.84. The molecule has 0 aliphatic rings. The molecule has 152 valence electrons. The number of phenolic OH excluding ortho intramolecular Hbond substituents is 1. The highest BCUT2D eigenvalue weighted by atomic mass is 79.9. The van der Waals surface area contributed by atoms with Crippen LogP contribution in [0.25, 0.3) is 11.4 Å². The van der Waals surface area contributed by atoms with Crippen molar-refractivity contribution < 1.29 is 9.90 Å². The lowest BCUT2D eigenvalue weighted by molar-refractivity contribution is -0.113. The Bertz CT molecular complexity index is 1070. The van der Waals surface area contributed by atoms with Crippen molar-refractivity contribution in [2.45, 2.75) is 32.5 Å². The summed E-state index contributed by atoms with van der Waals surface area (Å²) in [6.45, 7) is 6.57. The molecule has 29 heavy (non-hydrogen) atoms. The van der Waals surface area contributed by atoms with Crippen LogP contribution in [0.15, 0.2) is 44.4 Å². The monoisotopic (exact) mass is 538 g/mol. The summed E-state index contributed by atoms with van der Waals surface area (Å²) in [6, 6.07) is 8.98. The first kappa shape index (κ1) is 21.9. The van der Waals surface area contributed by atoms with Gasteiger partial charge in [-0.05, 0) is 62.2 Å². The first-order valence-electron chi connectivity index (χ1n) is 8.92. The zero-order chi connectivity index (χ0) is 21.1. The molecule has 0 saturated carbocycles. The molecule has 3 rings (SSSR count). The standard InChI is InChI=1S/C20H20Br2N4O2S/c1-4-26-19(14-9-13(21)5-8-17(14)27)24-25-20(26)29-10-18(28)23-16-7-6-15(22)11(2)12(16)3/h5-9,27H,4,10H2,1-3H3,(H,23,28). The van der Waals surface area contributed by atoms with Gasteiger partial charge in [-0.15, -0.1) is 10.2 Å². The molecule has 0 unspecified atom stereocenters. The van der Waals surface area contributed by atoms with Crippen molar-refractivity contribution in [2.75, 3.05) is 11.1 Å². The van der Waals surface area contributed by atoms with Gasteiger partial charge in [0.15, 0.2) is 11.0 Å². The third-order valence-electron chi connectivity index (χ3n) is 4.56. The van der Waals surface area contributed by atoms with E-state index >= 15 is 0 Å². The second-order valence-corrected chi connectivity index (χ2v) is 9.11. The fourth-order valence-electron chi connectivity index (χ4n) is 2.81. The van der Waals surface area contributed by atoms with Gasteiger partial charge >= 0.3 is 0 Å². The van der Waals surface area contributed by atoms with Crippen molar-refractivity contribution in [3.05, 3.63) is 50.4 Å². The summed E-state index contributed by atoms with van der Waals surface area (Å²) in [4.78, 5) is 12.5. The average molecular weight is 540 g/mol. The Morgan fingerprint density at radius 2 is 1.93 bits per heavy atom. The molecule has 2 aromatic carbocycles. The SMILES string of the molecule is CCn1c(SCC(=O)Nc2ccc(Br)c(C)c2C)nnc1-c1cc(Br)ccc1O. The van der Waals surface area contributed by atoms with E-state index in [4.69, 9.17) is 0 Å². The number of carbonyl (C=O) groups is 1. The van der Waals surface area contributed by atoms with Crippen LogP contribution in [0.3, 0.4) is 0 Å². The molecule has 6 nitrogen and oxygen atoms in total. The van der Waals surface area contributed by atoms with E-state index in [-0.39, 0.29) is 17.4 Å². The van der Waals surface area contributed by atoms with Gasteiger partial charge in [-0.2, -0.15) is 0 Å². The zero-order valence-corrected chi connectivity index (χ0v) is 20.2. The number of anilines is 1. The number of nitrogens with one attached hydrogen (secondary N) is 1. The second-order valence-electron chi connectivity index (χ2n) is 6.39. The molecule has 3 aromatic rings. The van der Waals surface area contributed by atoms with Gasteiger partial charge in [-0.25, -0.2) is 0 Å². The van der Waals surface area contributed by atoms with Crippen molar-refractivity contribution in [2.24, 2.45) is 0 Å². The van der Waals surface area contributed by atoms with Crippen molar-refractivity contribution in [1.82, 2.24) is 14.8 Å². The minimum atomic E-state index is -0.114. The molecule has 1 heterocycles. The summed E-state index contributed by atoms with van der Waals surface area (Å²) >= 11 is 8.23. The van der Waals surface area contributed by atoms with Crippen molar-refractivity contribution in [3.63, 3.8) is 0 Å². The summed E-state index contributed by atoms with van der Waals surface area (Å²) in [5, 5.41) is 22.2. The number of aromatic hydroxyl groups is 1. The number of rotatable bonds is 6. The largest absolute Gasteiger partial charge is 0.507 e. The maximum absolute atomic E-state index is 12.5. The Balaban J connectivity index is 1.74. The van der Waals surface area contributed by atoms with E-state index in [1.165, 1.54) is 11.8 Å². The van der Waals surface area contributed by atoms with Crippen LogP contribution >= 0.6 is 43.6 Å². The fraction of sp³-hybridized carbons (Fsp3) is 0.250. The number of amides is 1. The van der Waals surface area contributed by atoms with E-state index in [0.29, 0.717) is 23.1 Å². The Labute approximate surface area is 190 Å². The topological polar surface area (TPSA) is 80.0 Å². The van der Waals surface area contributed by atoms with Crippen molar-refractivity contribution in [3.8, 4) is 17.1 Å². The number of thioether (sulfide) groups is 1. The normalized spacial score (nSPS) is 10.9. The Morgan fingerprint density at radius 1 is 1.17 bits per heavy atom. The quantitative estimate of drug-likeness (QED) is 0.402. The lowest BCUT2D eigenvalue weighted by Gasteiger charge is -2.12. The van der Waals surface area contributed by atoms with Gasteiger partial charge in [-0.3, -0.25) is 4.79 Å². The number of hydrogen-bond acceptors (Lipinski definition) is 5. The van der Waals surface area contributed by atoms with Crippen molar-refractivity contribution >= 4 is 55.2 Å². The third kappa shape index (κ3) is 4.84. The number of benzene rings is 2. The molecule has 1 aromatic heterocycles. The highest BCUT2D eigenvalue weighted by molar-refractivity contribution is 9.10. The van der Waals surface area contributed by atoms with E-state index in [0.717, 1.165) is 25.8 Å². The molecule has 0 radical (unpaired) electrons. The number of aromatic nitrogens is 3. The Kier molecular flexibility index (Phi) is 7.02. The fourth-order valence-corrected chi connectivity index (χ4v) is 4.40. The summed E-state index contributed by atoms with van der Waals surface area (Å²) in [7, 11) is 0.